The molecule has 3 heterocycles. The van der Waals surface area contributed by atoms with Crippen LogP contribution in [0.1, 0.15) is 10.6 Å². The fourth-order valence-corrected chi connectivity index (χ4v) is 3.76. The minimum Gasteiger partial charge on any atom is -0.358 e. The summed E-state index contributed by atoms with van der Waals surface area (Å²) in [7, 11) is 2.11. The van der Waals surface area contributed by atoms with E-state index in [2.05, 4.69) is 45.4 Å². The van der Waals surface area contributed by atoms with E-state index in [9.17, 15) is 0 Å². The van der Waals surface area contributed by atoms with Crippen LogP contribution >= 0.6 is 22.7 Å². The second kappa shape index (κ2) is 5.95. The molecule has 3 aromatic heterocycles. The minimum atomic E-state index is 0.648. The first-order chi connectivity index (χ1) is 9.79. The zero-order valence-electron chi connectivity index (χ0n) is 11.5. The smallest absolute Gasteiger partial charge is 0.195 e. The maximum Gasteiger partial charge on any atom is 0.195 e. The molecule has 0 aromatic carbocycles. The number of thiophene rings is 1. The molecule has 0 bridgehead atoms. The highest BCUT2D eigenvalue weighted by atomic mass is 32.1. The molecular weight excluding hydrogens is 288 g/mol. The lowest BCUT2D eigenvalue weighted by molar-refractivity contribution is 0.844. The molecule has 3 rings (SSSR count). The molecule has 0 aliphatic carbocycles. The number of likely N-dealkylation sites (N-methyl/N-ethyl adjacent to an activating group) is 1. The summed E-state index contributed by atoms with van der Waals surface area (Å²) in [6, 6.07) is 4.29. The van der Waals surface area contributed by atoms with Crippen LogP contribution in [0.15, 0.2) is 29.1 Å². The average Bonchev–Trinajstić information content (AvgIpc) is 3.14. The van der Waals surface area contributed by atoms with E-state index < -0.39 is 0 Å². The van der Waals surface area contributed by atoms with E-state index in [4.69, 9.17) is 10.7 Å². The molecule has 0 amide bonds. The van der Waals surface area contributed by atoms with Crippen LogP contribution in [0, 0.1) is 0 Å². The molecule has 2 N–H and O–H groups in total. The molecule has 0 saturated carbocycles. The number of hydrogen-bond donors (Lipinski definition) is 1. The van der Waals surface area contributed by atoms with Crippen molar-refractivity contribution in [1.29, 1.82) is 0 Å². The Hall–Kier alpha value is -1.37. The second-order valence-electron chi connectivity index (χ2n) is 4.73. The van der Waals surface area contributed by atoms with E-state index in [1.807, 2.05) is 11.3 Å². The maximum atomic E-state index is 5.75. The third kappa shape index (κ3) is 2.59. The van der Waals surface area contributed by atoms with Crippen LogP contribution in [0.2, 0.25) is 0 Å². The number of nitrogens with zero attached hydrogens (tertiary/aromatic N) is 3. The van der Waals surface area contributed by atoms with Gasteiger partial charge in [0.25, 0.3) is 0 Å². The second-order valence-corrected chi connectivity index (χ2v) is 6.63. The van der Waals surface area contributed by atoms with E-state index in [-0.39, 0.29) is 0 Å². The molecule has 3 aromatic rings. The maximum absolute atomic E-state index is 5.75. The summed E-state index contributed by atoms with van der Waals surface area (Å²) in [6.45, 7) is 1.62. The lowest BCUT2D eigenvalue weighted by atomic mass is 10.2. The van der Waals surface area contributed by atoms with E-state index in [1.54, 1.807) is 11.3 Å². The van der Waals surface area contributed by atoms with Crippen molar-refractivity contribution >= 4 is 33.5 Å². The molecule has 106 valence electrons. The van der Waals surface area contributed by atoms with Crippen molar-refractivity contribution in [3.63, 3.8) is 0 Å². The Kier molecular flexibility index (Phi) is 4.05. The van der Waals surface area contributed by atoms with Crippen LogP contribution in [-0.4, -0.2) is 29.5 Å². The lowest BCUT2D eigenvalue weighted by Gasteiger charge is -2.17. The van der Waals surface area contributed by atoms with Gasteiger partial charge in [0.15, 0.2) is 10.8 Å². The Labute approximate surface area is 126 Å². The molecule has 20 heavy (non-hydrogen) atoms. The van der Waals surface area contributed by atoms with Gasteiger partial charge in [0, 0.05) is 36.5 Å². The van der Waals surface area contributed by atoms with Gasteiger partial charge in [0.1, 0.15) is 0 Å². The summed E-state index contributed by atoms with van der Waals surface area (Å²) in [4.78, 5) is 9.45. The van der Waals surface area contributed by atoms with Gasteiger partial charge in [-0.15, -0.1) is 22.7 Å². The number of rotatable bonds is 6. The first-order valence-electron chi connectivity index (χ1n) is 6.67. The summed E-state index contributed by atoms with van der Waals surface area (Å²) >= 11 is 3.48. The molecule has 6 heteroatoms. The Bertz CT molecular complexity index is 669. The molecule has 0 atom stereocenters. The first-order valence-corrected chi connectivity index (χ1v) is 8.43. The van der Waals surface area contributed by atoms with E-state index >= 15 is 0 Å². The highest BCUT2D eigenvalue weighted by molar-refractivity contribution is 7.15. The van der Waals surface area contributed by atoms with Crippen LogP contribution in [-0.2, 0) is 12.8 Å². The summed E-state index contributed by atoms with van der Waals surface area (Å²) < 4.78 is 2.16. The fraction of sp³-hybridized carbons (Fsp3) is 0.357. The number of fused-ring (bicyclic) bond motifs is 1. The van der Waals surface area contributed by atoms with Gasteiger partial charge >= 0.3 is 0 Å². The number of nitrogens with two attached hydrogens (primary N) is 1. The molecule has 0 aliphatic rings. The van der Waals surface area contributed by atoms with Gasteiger partial charge in [0.05, 0.1) is 5.69 Å². The minimum absolute atomic E-state index is 0.648. The zero-order valence-corrected chi connectivity index (χ0v) is 13.1. The standard InChI is InChI=1S/C14H18N4S2/c1-17(7-5-11-3-2-9-19-11)13-12(4-6-15)18-8-10-20-14(18)16-13/h2-3,8-10H,4-7,15H2,1H3. The monoisotopic (exact) mass is 306 g/mol. The normalized spacial score (nSPS) is 11.3. The quantitative estimate of drug-likeness (QED) is 0.761. The van der Waals surface area contributed by atoms with E-state index in [0.29, 0.717) is 6.54 Å². The summed E-state index contributed by atoms with van der Waals surface area (Å²) in [5.41, 5.74) is 6.96. The van der Waals surface area contributed by atoms with Crippen molar-refractivity contribution in [2.24, 2.45) is 5.73 Å². The van der Waals surface area contributed by atoms with Crippen LogP contribution in [0.4, 0.5) is 5.82 Å². The van der Waals surface area contributed by atoms with Crippen LogP contribution < -0.4 is 10.6 Å². The summed E-state index contributed by atoms with van der Waals surface area (Å²) in [5, 5.41) is 4.19. The SMILES string of the molecule is CN(CCc1cccs1)c1nc2sccn2c1CCN. The Balaban J connectivity index is 1.80. The van der Waals surface area contributed by atoms with Gasteiger partial charge in [-0.2, -0.15) is 0 Å². The van der Waals surface area contributed by atoms with Crippen molar-refractivity contribution in [3.8, 4) is 0 Å². The van der Waals surface area contributed by atoms with Crippen molar-refractivity contribution in [2.75, 3.05) is 25.0 Å². The molecule has 4 nitrogen and oxygen atoms in total. The number of thiazole rings is 1. The summed E-state index contributed by atoms with van der Waals surface area (Å²) in [5.74, 6) is 1.07. The Morgan fingerprint density at radius 2 is 2.20 bits per heavy atom. The van der Waals surface area contributed by atoms with E-state index in [1.165, 1.54) is 10.6 Å². The number of aromatic nitrogens is 2. The first kappa shape index (κ1) is 13.6. The predicted octanol–water partition coefficient (Wildman–Crippen LogP) is 2.64. The summed E-state index contributed by atoms with van der Waals surface area (Å²) in [6.07, 6.45) is 3.99. The van der Waals surface area contributed by atoms with Crippen LogP contribution in [0.5, 0.6) is 0 Å². The largest absolute Gasteiger partial charge is 0.358 e. The number of anilines is 1. The molecule has 0 aliphatic heterocycles. The van der Waals surface area contributed by atoms with Crippen molar-refractivity contribution in [2.45, 2.75) is 12.8 Å². The zero-order chi connectivity index (χ0) is 13.9. The van der Waals surface area contributed by atoms with Crippen LogP contribution in [0.3, 0.4) is 0 Å². The van der Waals surface area contributed by atoms with Gasteiger partial charge in [-0.3, -0.25) is 4.40 Å². The van der Waals surface area contributed by atoms with Crippen molar-refractivity contribution in [1.82, 2.24) is 9.38 Å². The lowest BCUT2D eigenvalue weighted by Crippen LogP contribution is -2.22. The van der Waals surface area contributed by atoms with Gasteiger partial charge in [-0.1, -0.05) is 6.07 Å². The molecule has 0 radical (unpaired) electrons. The Morgan fingerprint density at radius 1 is 1.30 bits per heavy atom. The number of imidazole rings is 1. The third-order valence-corrected chi connectivity index (χ3v) is 5.05. The Morgan fingerprint density at radius 3 is 2.95 bits per heavy atom. The number of hydrogen-bond acceptors (Lipinski definition) is 5. The highest BCUT2D eigenvalue weighted by Gasteiger charge is 2.15. The molecule has 0 fully saturated rings. The fourth-order valence-electron chi connectivity index (χ4n) is 2.33. The van der Waals surface area contributed by atoms with Gasteiger partial charge in [0.2, 0.25) is 0 Å². The third-order valence-electron chi connectivity index (χ3n) is 3.36. The van der Waals surface area contributed by atoms with E-state index in [0.717, 1.165) is 30.2 Å². The van der Waals surface area contributed by atoms with Gasteiger partial charge < -0.3 is 10.6 Å². The van der Waals surface area contributed by atoms with Crippen LogP contribution in [0.25, 0.3) is 4.96 Å². The molecule has 0 unspecified atom stereocenters. The molecule has 0 saturated heterocycles. The van der Waals surface area contributed by atoms with Crippen molar-refractivity contribution < 1.29 is 0 Å². The average molecular weight is 306 g/mol. The van der Waals surface area contributed by atoms with Gasteiger partial charge in [-0.05, 0) is 24.4 Å². The highest BCUT2D eigenvalue weighted by Crippen LogP contribution is 2.24. The molecule has 0 spiro atoms. The van der Waals surface area contributed by atoms with Gasteiger partial charge in [-0.25, -0.2) is 4.98 Å². The molecular formula is C14H18N4S2. The topological polar surface area (TPSA) is 46.6 Å². The van der Waals surface area contributed by atoms with Crippen molar-refractivity contribution in [3.05, 3.63) is 39.7 Å². The predicted molar refractivity (Wildman–Crippen MR) is 87.1 cm³/mol.